The van der Waals surface area contributed by atoms with Crippen molar-refractivity contribution in [2.45, 2.75) is 130 Å². The lowest BCUT2D eigenvalue weighted by Gasteiger charge is -2.24. The Morgan fingerprint density at radius 3 is 1.75 bits per heavy atom. The first-order chi connectivity index (χ1) is 15.0. The largest absolute Gasteiger partial charge is 0.479 e. The van der Waals surface area contributed by atoms with Gasteiger partial charge in [-0.05, 0) is 50.4 Å². The van der Waals surface area contributed by atoms with Gasteiger partial charge in [-0.1, -0.05) is 84.3 Å². The van der Waals surface area contributed by atoms with Crippen molar-refractivity contribution in [1.29, 1.82) is 0 Å². The molecule has 0 aliphatic heterocycles. The van der Waals surface area contributed by atoms with Crippen LogP contribution in [0.1, 0.15) is 105 Å². The lowest BCUT2D eigenvalue weighted by atomic mass is 9.91. The molecule has 5 N–H and O–H groups in total. The van der Waals surface area contributed by atoms with Crippen LogP contribution in [-0.4, -0.2) is 55.9 Å². The normalized spacial score (nSPS) is 18.2. The summed E-state index contributed by atoms with van der Waals surface area (Å²) in [6.07, 6.45) is 6.96. The minimum absolute atomic E-state index is 0.188. The van der Waals surface area contributed by atoms with Crippen LogP contribution in [0.15, 0.2) is 11.6 Å². The molecular weight excluding hydrogens is 408 g/mol. The van der Waals surface area contributed by atoms with Crippen LogP contribution in [0, 0.1) is 17.8 Å². The number of hydrogen-bond acceptors (Lipinski definition) is 5. The third kappa shape index (κ3) is 15.0. The molecule has 0 spiro atoms. The molecule has 0 aromatic heterocycles. The van der Waals surface area contributed by atoms with E-state index >= 15 is 0 Å². The van der Waals surface area contributed by atoms with Crippen LogP contribution in [0.2, 0.25) is 0 Å². The van der Waals surface area contributed by atoms with Gasteiger partial charge in [-0.3, -0.25) is 0 Å². The number of allylic oxidation sites excluding steroid dienone is 2. The molecule has 32 heavy (non-hydrogen) atoms. The van der Waals surface area contributed by atoms with E-state index in [2.05, 4.69) is 34.6 Å². The number of rotatable bonds is 19. The first kappa shape index (κ1) is 31.0. The van der Waals surface area contributed by atoms with Crippen molar-refractivity contribution >= 4 is 5.97 Å². The van der Waals surface area contributed by atoms with Crippen LogP contribution >= 0.6 is 0 Å². The smallest absolute Gasteiger partial charge is 0.335 e. The third-order valence-electron chi connectivity index (χ3n) is 6.42. The van der Waals surface area contributed by atoms with E-state index < -0.39 is 30.4 Å². The van der Waals surface area contributed by atoms with Crippen LogP contribution in [-0.2, 0) is 4.79 Å². The van der Waals surface area contributed by atoms with Crippen molar-refractivity contribution in [1.82, 2.24) is 0 Å². The minimum atomic E-state index is -2.12. The Kier molecular flexibility index (Phi) is 17.0. The van der Waals surface area contributed by atoms with E-state index in [0.29, 0.717) is 6.42 Å². The third-order valence-corrected chi connectivity index (χ3v) is 6.42. The Hall–Kier alpha value is -0.950. The van der Waals surface area contributed by atoms with Crippen molar-refractivity contribution in [3.63, 3.8) is 0 Å². The molecule has 190 valence electrons. The quantitative estimate of drug-likeness (QED) is 0.179. The Morgan fingerprint density at radius 2 is 1.25 bits per heavy atom. The van der Waals surface area contributed by atoms with Gasteiger partial charge in [0.25, 0.3) is 0 Å². The van der Waals surface area contributed by atoms with Crippen molar-refractivity contribution in [2.24, 2.45) is 17.8 Å². The maximum absolute atomic E-state index is 10.7. The molecule has 3 unspecified atom stereocenters. The van der Waals surface area contributed by atoms with E-state index in [0.717, 1.165) is 30.6 Å². The molecule has 6 heteroatoms. The second-order valence-corrected chi connectivity index (χ2v) is 10.3. The topological polar surface area (TPSA) is 118 Å². The van der Waals surface area contributed by atoms with Gasteiger partial charge in [0, 0.05) is 0 Å². The van der Waals surface area contributed by atoms with E-state index in [9.17, 15) is 25.2 Å². The number of hydrogen-bond donors (Lipinski definition) is 5. The zero-order chi connectivity index (χ0) is 24.7. The van der Waals surface area contributed by atoms with Gasteiger partial charge in [-0.15, -0.1) is 0 Å². The molecule has 0 aliphatic rings. The molecule has 0 aromatic rings. The summed E-state index contributed by atoms with van der Waals surface area (Å²) < 4.78 is 0. The van der Waals surface area contributed by atoms with Crippen LogP contribution in [0.3, 0.4) is 0 Å². The van der Waals surface area contributed by atoms with E-state index in [-0.39, 0.29) is 6.42 Å². The first-order valence-electron chi connectivity index (χ1n) is 12.6. The summed E-state index contributed by atoms with van der Waals surface area (Å²) in [5, 5.41) is 47.3. The van der Waals surface area contributed by atoms with E-state index in [1.807, 2.05) is 6.08 Å². The molecule has 0 amide bonds. The lowest BCUT2D eigenvalue weighted by molar-refractivity contribution is -0.162. The minimum Gasteiger partial charge on any atom is -0.479 e. The zero-order valence-electron chi connectivity index (χ0n) is 21.0. The van der Waals surface area contributed by atoms with Gasteiger partial charge in [0.1, 0.15) is 12.2 Å². The standard InChI is InChI=1S/C26H50O6/c1-18(2)10-6-11-19(3)12-7-13-20(4)14-8-15-21(5)16-9-17-22(27)23(28)24(29)25(30)26(31)32/h16,18-20,22-25,27-30H,6-15,17H2,1-5H3,(H,31,32)/t19?,20?,22?,23-,24+,25-/m0/s1. The van der Waals surface area contributed by atoms with Gasteiger partial charge in [-0.2, -0.15) is 0 Å². The fourth-order valence-corrected chi connectivity index (χ4v) is 4.04. The van der Waals surface area contributed by atoms with Crippen molar-refractivity contribution in [2.75, 3.05) is 0 Å². The Morgan fingerprint density at radius 1 is 0.750 bits per heavy atom. The number of aliphatic carboxylic acids is 1. The Balaban J connectivity index is 3.98. The predicted octanol–water partition coefficient (Wildman–Crippen LogP) is 4.68. The summed E-state index contributed by atoms with van der Waals surface area (Å²) in [4.78, 5) is 10.7. The number of carboxylic acid groups (broad SMARTS) is 1. The average molecular weight is 459 g/mol. The summed E-state index contributed by atoms with van der Waals surface area (Å²) in [5.41, 5.74) is 1.23. The predicted molar refractivity (Wildman–Crippen MR) is 129 cm³/mol. The molecule has 0 fully saturated rings. The number of carbonyl (C=O) groups is 1. The fraction of sp³-hybridized carbons (Fsp3) is 0.885. The van der Waals surface area contributed by atoms with Crippen molar-refractivity contribution in [3.05, 3.63) is 11.6 Å². The van der Waals surface area contributed by atoms with Gasteiger partial charge in [0.05, 0.1) is 6.10 Å². The fourth-order valence-electron chi connectivity index (χ4n) is 4.04. The van der Waals surface area contributed by atoms with Gasteiger partial charge >= 0.3 is 5.97 Å². The Labute approximate surface area is 195 Å². The van der Waals surface area contributed by atoms with Crippen LogP contribution < -0.4 is 0 Å². The summed E-state index contributed by atoms with van der Waals surface area (Å²) in [5.74, 6) is 0.727. The maximum Gasteiger partial charge on any atom is 0.335 e. The van der Waals surface area contributed by atoms with Gasteiger partial charge < -0.3 is 25.5 Å². The van der Waals surface area contributed by atoms with Gasteiger partial charge in [0.15, 0.2) is 6.10 Å². The SMILES string of the molecule is CC(=CCCC(O)[C@H](O)[C@@H](O)[C@H](O)C(=O)O)CCCC(C)CCCC(C)CCCC(C)C. The molecule has 6 nitrogen and oxygen atoms in total. The van der Waals surface area contributed by atoms with E-state index in [1.165, 1.54) is 50.5 Å². The molecule has 0 radical (unpaired) electrons. The highest BCUT2D eigenvalue weighted by Gasteiger charge is 2.33. The van der Waals surface area contributed by atoms with Crippen LogP contribution in [0.5, 0.6) is 0 Å². The van der Waals surface area contributed by atoms with Gasteiger partial charge in [0.2, 0.25) is 0 Å². The summed E-state index contributed by atoms with van der Waals surface area (Å²) >= 11 is 0. The summed E-state index contributed by atoms with van der Waals surface area (Å²) in [6, 6.07) is 0. The molecule has 0 heterocycles. The van der Waals surface area contributed by atoms with Crippen molar-refractivity contribution < 1.29 is 30.3 Å². The summed E-state index contributed by atoms with van der Waals surface area (Å²) in [7, 11) is 0. The molecular formula is C26H50O6. The molecule has 0 rings (SSSR count). The Bertz CT molecular complexity index is 518. The number of carboxylic acids is 1. The maximum atomic E-state index is 10.7. The van der Waals surface area contributed by atoms with Crippen LogP contribution in [0.25, 0.3) is 0 Å². The van der Waals surface area contributed by atoms with E-state index in [1.54, 1.807) is 0 Å². The monoisotopic (exact) mass is 458 g/mol. The molecule has 0 saturated heterocycles. The molecule has 0 aromatic carbocycles. The molecule has 0 bridgehead atoms. The zero-order valence-corrected chi connectivity index (χ0v) is 21.0. The average Bonchev–Trinajstić information content (AvgIpc) is 2.71. The summed E-state index contributed by atoms with van der Waals surface area (Å²) in [6.45, 7) is 11.3. The molecule has 6 atom stereocenters. The highest BCUT2D eigenvalue weighted by molar-refractivity contribution is 5.72. The number of aliphatic hydroxyl groups is 4. The lowest BCUT2D eigenvalue weighted by Crippen LogP contribution is -2.47. The highest BCUT2D eigenvalue weighted by atomic mass is 16.4. The van der Waals surface area contributed by atoms with E-state index in [4.69, 9.17) is 5.11 Å². The molecule has 0 aliphatic carbocycles. The second-order valence-electron chi connectivity index (χ2n) is 10.3. The van der Waals surface area contributed by atoms with Crippen LogP contribution in [0.4, 0.5) is 0 Å². The highest BCUT2D eigenvalue weighted by Crippen LogP contribution is 2.22. The second kappa shape index (κ2) is 17.5. The number of aliphatic hydroxyl groups excluding tert-OH is 4. The molecule has 0 saturated carbocycles. The van der Waals surface area contributed by atoms with Crippen molar-refractivity contribution in [3.8, 4) is 0 Å². The van der Waals surface area contributed by atoms with Gasteiger partial charge in [-0.25, -0.2) is 4.79 Å². The first-order valence-corrected chi connectivity index (χ1v) is 12.6.